The molecule has 1 amide bonds. The quantitative estimate of drug-likeness (QED) is 0.483. The predicted octanol–water partition coefficient (Wildman–Crippen LogP) is 3.17. The molecular formula is C15H17N3O3. The highest BCUT2D eigenvalue weighted by molar-refractivity contribution is 5.96. The molecule has 0 radical (unpaired) electrons. The second-order valence-corrected chi connectivity index (χ2v) is 5.07. The molecule has 2 heterocycles. The van der Waals surface area contributed by atoms with Gasteiger partial charge in [-0.25, -0.2) is 9.78 Å². The summed E-state index contributed by atoms with van der Waals surface area (Å²) in [6.45, 7) is 3.17. The Kier molecular flexibility index (Phi) is 3.85. The molecule has 0 atom stereocenters. The molecule has 1 aliphatic heterocycles. The van der Waals surface area contributed by atoms with Crippen LogP contribution < -0.4 is 0 Å². The predicted molar refractivity (Wildman–Crippen MR) is 78.1 cm³/mol. The first-order valence-corrected chi connectivity index (χ1v) is 7.10. The Hall–Kier alpha value is -2.37. The van der Waals surface area contributed by atoms with Crippen LogP contribution in [0.5, 0.6) is 0 Å². The normalized spacial score (nSPS) is 16.2. The van der Waals surface area contributed by atoms with E-state index in [1.54, 1.807) is 11.8 Å². The van der Waals surface area contributed by atoms with Crippen molar-refractivity contribution in [1.29, 1.82) is 0 Å². The fourth-order valence-electron chi connectivity index (χ4n) is 2.31. The van der Waals surface area contributed by atoms with Gasteiger partial charge in [-0.05, 0) is 38.3 Å². The van der Waals surface area contributed by atoms with Crippen LogP contribution in [-0.4, -0.2) is 34.8 Å². The van der Waals surface area contributed by atoms with Crippen molar-refractivity contribution in [3.8, 4) is 0 Å². The summed E-state index contributed by atoms with van der Waals surface area (Å²) in [4.78, 5) is 22.8. The van der Waals surface area contributed by atoms with E-state index in [1.165, 1.54) is 0 Å². The van der Waals surface area contributed by atoms with Crippen molar-refractivity contribution in [2.75, 3.05) is 13.1 Å². The van der Waals surface area contributed by atoms with E-state index in [0.29, 0.717) is 17.2 Å². The second-order valence-electron chi connectivity index (χ2n) is 5.07. The highest BCUT2D eigenvalue weighted by atomic mass is 16.7. The van der Waals surface area contributed by atoms with Crippen molar-refractivity contribution in [3.63, 3.8) is 0 Å². The Morgan fingerprint density at radius 3 is 2.81 bits per heavy atom. The number of hydrogen-bond donors (Lipinski definition) is 0. The smallest absolute Gasteiger partial charge is 0.435 e. The zero-order chi connectivity index (χ0) is 14.7. The van der Waals surface area contributed by atoms with E-state index in [2.05, 4.69) is 10.1 Å². The van der Waals surface area contributed by atoms with Crippen molar-refractivity contribution in [2.45, 2.75) is 26.2 Å². The highest BCUT2D eigenvalue weighted by Gasteiger charge is 2.18. The van der Waals surface area contributed by atoms with Crippen LogP contribution >= 0.6 is 0 Å². The monoisotopic (exact) mass is 287 g/mol. The van der Waals surface area contributed by atoms with E-state index in [-0.39, 0.29) is 0 Å². The maximum Gasteiger partial charge on any atom is 0.435 e. The molecule has 6 nitrogen and oxygen atoms in total. The number of fused-ring (bicyclic) bond motifs is 1. The molecule has 0 bridgehead atoms. The summed E-state index contributed by atoms with van der Waals surface area (Å²) in [5.74, 6) is 0.364. The van der Waals surface area contributed by atoms with Crippen molar-refractivity contribution >= 4 is 22.9 Å². The van der Waals surface area contributed by atoms with Crippen LogP contribution in [0.15, 0.2) is 33.8 Å². The number of aromatic nitrogens is 1. The van der Waals surface area contributed by atoms with Crippen molar-refractivity contribution in [2.24, 2.45) is 5.16 Å². The molecule has 0 saturated carbocycles. The third-order valence-corrected chi connectivity index (χ3v) is 3.48. The minimum Gasteiger partial charge on any atom is -0.435 e. The number of amides is 1. The Bertz CT molecular complexity index is 639. The maximum absolute atomic E-state index is 11.9. The Morgan fingerprint density at radius 2 is 2.05 bits per heavy atom. The number of piperidine rings is 1. The first kappa shape index (κ1) is 13.6. The number of likely N-dealkylation sites (tertiary alicyclic amines) is 1. The number of hydrogen-bond acceptors (Lipinski definition) is 5. The molecule has 1 saturated heterocycles. The van der Waals surface area contributed by atoms with Crippen LogP contribution in [0.4, 0.5) is 4.79 Å². The standard InChI is InChI=1S/C15H17N3O3/c1-11(14-16-12-7-3-4-8-13(12)20-14)17-21-15(19)18-9-5-2-6-10-18/h3-4,7-8H,2,5-6,9-10H2,1H3/b17-11+. The molecule has 21 heavy (non-hydrogen) atoms. The molecule has 110 valence electrons. The molecule has 0 unspecified atom stereocenters. The van der Waals surface area contributed by atoms with Crippen LogP contribution in [0, 0.1) is 0 Å². The molecule has 1 aliphatic rings. The zero-order valence-corrected chi connectivity index (χ0v) is 11.9. The lowest BCUT2D eigenvalue weighted by Gasteiger charge is -2.24. The number of carbonyl (C=O) groups excluding carboxylic acids is 1. The number of para-hydroxylation sites is 2. The molecule has 6 heteroatoms. The summed E-state index contributed by atoms with van der Waals surface area (Å²) >= 11 is 0. The van der Waals surface area contributed by atoms with Gasteiger partial charge in [-0.15, -0.1) is 0 Å². The van der Waals surface area contributed by atoms with Crippen molar-refractivity contribution < 1.29 is 14.0 Å². The van der Waals surface area contributed by atoms with Gasteiger partial charge in [0, 0.05) is 13.1 Å². The number of nitrogens with zero attached hydrogens (tertiary/aromatic N) is 3. The van der Waals surface area contributed by atoms with Crippen LogP contribution in [0.25, 0.3) is 11.1 Å². The van der Waals surface area contributed by atoms with Gasteiger partial charge in [0.1, 0.15) is 11.2 Å². The topological polar surface area (TPSA) is 67.9 Å². The second kappa shape index (κ2) is 5.95. The molecule has 0 spiro atoms. The fraction of sp³-hybridized carbons (Fsp3) is 0.400. The lowest BCUT2D eigenvalue weighted by molar-refractivity contribution is 0.0980. The summed E-state index contributed by atoms with van der Waals surface area (Å²) in [5.41, 5.74) is 1.88. The SMILES string of the molecule is C/C(=N\OC(=O)N1CCCCC1)c1nc2ccccc2o1. The number of oxazole rings is 1. The summed E-state index contributed by atoms with van der Waals surface area (Å²) < 4.78 is 5.56. The average Bonchev–Trinajstić information content (AvgIpc) is 2.97. The zero-order valence-electron chi connectivity index (χ0n) is 11.9. The van der Waals surface area contributed by atoms with Gasteiger partial charge in [0.25, 0.3) is 0 Å². The Morgan fingerprint density at radius 1 is 1.29 bits per heavy atom. The number of oxime groups is 1. The van der Waals surface area contributed by atoms with Gasteiger partial charge >= 0.3 is 6.09 Å². The van der Waals surface area contributed by atoms with Crippen LogP contribution in [-0.2, 0) is 4.84 Å². The van der Waals surface area contributed by atoms with Gasteiger partial charge in [0.05, 0.1) is 0 Å². The van der Waals surface area contributed by atoms with Crippen LogP contribution in [0.3, 0.4) is 0 Å². The van der Waals surface area contributed by atoms with E-state index >= 15 is 0 Å². The lowest BCUT2D eigenvalue weighted by atomic mass is 10.1. The van der Waals surface area contributed by atoms with E-state index in [1.807, 2.05) is 24.3 Å². The minimum atomic E-state index is -0.412. The molecule has 2 aromatic rings. The van der Waals surface area contributed by atoms with E-state index in [9.17, 15) is 4.79 Å². The number of carbonyl (C=O) groups is 1. The largest absolute Gasteiger partial charge is 0.435 e. The summed E-state index contributed by atoms with van der Waals surface area (Å²) in [7, 11) is 0. The minimum absolute atomic E-state index is 0.364. The van der Waals surface area contributed by atoms with Crippen LogP contribution in [0.2, 0.25) is 0 Å². The first-order valence-electron chi connectivity index (χ1n) is 7.10. The van der Waals surface area contributed by atoms with Gasteiger partial charge in [-0.1, -0.05) is 17.3 Å². The number of rotatable bonds is 2. The van der Waals surface area contributed by atoms with Gasteiger partial charge in [0.2, 0.25) is 5.89 Å². The van der Waals surface area contributed by atoms with Crippen molar-refractivity contribution in [1.82, 2.24) is 9.88 Å². The van der Waals surface area contributed by atoms with Gasteiger partial charge < -0.3 is 9.32 Å². The number of benzene rings is 1. The molecule has 1 fully saturated rings. The van der Waals surface area contributed by atoms with Crippen molar-refractivity contribution in [3.05, 3.63) is 30.2 Å². The molecular weight excluding hydrogens is 270 g/mol. The highest BCUT2D eigenvalue weighted by Crippen LogP contribution is 2.15. The molecule has 0 aliphatic carbocycles. The molecule has 0 N–H and O–H groups in total. The van der Waals surface area contributed by atoms with E-state index in [0.717, 1.165) is 37.9 Å². The van der Waals surface area contributed by atoms with E-state index in [4.69, 9.17) is 9.25 Å². The van der Waals surface area contributed by atoms with Gasteiger partial charge in [0.15, 0.2) is 5.58 Å². The average molecular weight is 287 g/mol. The van der Waals surface area contributed by atoms with Crippen LogP contribution in [0.1, 0.15) is 32.1 Å². The Balaban J connectivity index is 1.68. The third-order valence-electron chi connectivity index (χ3n) is 3.48. The van der Waals surface area contributed by atoms with Gasteiger partial charge in [-0.3, -0.25) is 4.84 Å². The lowest BCUT2D eigenvalue weighted by Crippen LogP contribution is -2.35. The summed E-state index contributed by atoms with van der Waals surface area (Å²) in [6, 6.07) is 7.45. The molecule has 1 aromatic heterocycles. The molecule has 1 aromatic carbocycles. The molecule has 3 rings (SSSR count). The summed E-state index contributed by atoms with van der Waals surface area (Å²) in [6.07, 6.45) is 2.78. The summed E-state index contributed by atoms with van der Waals surface area (Å²) in [5, 5.41) is 3.83. The third kappa shape index (κ3) is 3.04. The fourth-order valence-corrected chi connectivity index (χ4v) is 2.31. The maximum atomic E-state index is 11.9. The first-order chi connectivity index (χ1) is 10.2. The Labute approximate surface area is 122 Å². The van der Waals surface area contributed by atoms with E-state index < -0.39 is 6.09 Å². The van der Waals surface area contributed by atoms with Gasteiger partial charge in [-0.2, -0.15) is 0 Å².